The highest BCUT2D eigenvalue weighted by molar-refractivity contribution is 7.89. The molecule has 0 amide bonds. The van der Waals surface area contributed by atoms with Gasteiger partial charge >= 0.3 is 0 Å². The van der Waals surface area contributed by atoms with Gasteiger partial charge in [0.25, 0.3) is 0 Å². The van der Waals surface area contributed by atoms with Gasteiger partial charge in [0.2, 0.25) is 10.0 Å². The van der Waals surface area contributed by atoms with Gasteiger partial charge in [-0.2, -0.15) is 0 Å². The van der Waals surface area contributed by atoms with E-state index in [1.165, 1.54) is 0 Å². The maximum absolute atomic E-state index is 13.5. The number of nitrogens with one attached hydrogen (secondary N) is 1. The normalized spacial score (nSPS) is 11.6. The first kappa shape index (κ1) is 15.5. The largest absolute Gasteiger partial charge is 0.243 e. The molecule has 21 heavy (non-hydrogen) atoms. The third kappa shape index (κ3) is 3.62. The molecule has 0 aliphatic carbocycles. The first-order valence-corrected chi connectivity index (χ1v) is 7.57. The molecule has 0 radical (unpaired) electrons. The van der Waals surface area contributed by atoms with Gasteiger partial charge in [0.1, 0.15) is 4.90 Å². The zero-order valence-corrected chi connectivity index (χ0v) is 11.6. The Kier molecular flexibility index (Phi) is 4.64. The predicted molar refractivity (Wildman–Crippen MR) is 71.7 cm³/mol. The molecule has 2 aromatic rings. The first-order chi connectivity index (χ1) is 9.92. The molecule has 0 bridgehead atoms. The van der Waals surface area contributed by atoms with E-state index in [1.807, 2.05) is 18.2 Å². The van der Waals surface area contributed by atoms with Crippen molar-refractivity contribution in [1.29, 1.82) is 0 Å². The van der Waals surface area contributed by atoms with Gasteiger partial charge in [-0.15, -0.1) is 0 Å². The van der Waals surface area contributed by atoms with Crippen LogP contribution >= 0.6 is 0 Å². The van der Waals surface area contributed by atoms with Crippen LogP contribution in [0.15, 0.2) is 47.4 Å². The summed E-state index contributed by atoms with van der Waals surface area (Å²) >= 11 is 0. The molecule has 0 heterocycles. The van der Waals surface area contributed by atoms with Gasteiger partial charge in [0, 0.05) is 6.54 Å². The number of benzene rings is 2. The lowest BCUT2D eigenvalue weighted by atomic mass is 10.2. The third-order valence-corrected chi connectivity index (χ3v) is 4.32. The van der Waals surface area contributed by atoms with Crippen molar-refractivity contribution in [2.24, 2.45) is 0 Å². The van der Waals surface area contributed by atoms with Crippen LogP contribution in [-0.2, 0) is 16.4 Å². The Balaban J connectivity index is 2.11. The minimum atomic E-state index is -4.23. The molecule has 1 N–H and O–H groups in total. The molecule has 0 saturated heterocycles. The molecule has 3 nitrogen and oxygen atoms in total. The highest BCUT2D eigenvalue weighted by Gasteiger charge is 2.23. The van der Waals surface area contributed by atoms with E-state index in [-0.39, 0.29) is 6.54 Å². The topological polar surface area (TPSA) is 46.2 Å². The van der Waals surface area contributed by atoms with Crippen molar-refractivity contribution >= 4 is 10.0 Å². The van der Waals surface area contributed by atoms with Crippen LogP contribution in [-0.4, -0.2) is 15.0 Å². The summed E-state index contributed by atoms with van der Waals surface area (Å²) in [7, 11) is -4.23. The van der Waals surface area contributed by atoms with E-state index >= 15 is 0 Å². The van der Waals surface area contributed by atoms with E-state index in [0.29, 0.717) is 18.6 Å². The van der Waals surface area contributed by atoms with Crippen LogP contribution in [0, 0.1) is 17.5 Å². The SMILES string of the molecule is O=S(=O)(NCCc1ccccc1)c1ccc(F)c(F)c1F. The van der Waals surface area contributed by atoms with E-state index in [0.717, 1.165) is 5.56 Å². The van der Waals surface area contributed by atoms with Crippen molar-refractivity contribution in [3.63, 3.8) is 0 Å². The maximum Gasteiger partial charge on any atom is 0.243 e. The fraction of sp³-hybridized carbons (Fsp3) is 0.143. The molecule has 2 aromatic carbocycles. The molecule has 0 fully saturated rings. The van der Waals surface area contributed by atoms with E-state index in [4.69, 9.17) is 0 Å². The summed E-state index contributed by atoms with van der Waals surface area (Å²) in [5.74, 6) is -4.96. The van der Waals surface area contributed by atoms with Gasteiger partial charge in [0.05, 0.1) is 0 Å². The molecule has 2 rings (SSSR count). The van der Waals surface area contributed by atoms with Gasteiger partial charge in [-0.25, -0.2) is 26.3 Å². The molecular weight excluding hydrogens is 303 g/mol. The summed E-state index contributed by atoms with van der Waals surface area (Å²) in [5.41, 5.74) is 0.894. The Morgan fingerprint density at radius 2 is 1.57 bits per heavy atom. The minimum absolute atomic E-state index is 0.0186. The van der Waals surface area contributed by atoms with E-state index in [9.17, 15) is 21.6 Å². The lowest BCUT2D eigenvalue weighted by molar-refractivity contribution is 0.431. The Morgan fingerprint density at radius 3 is 2.24 bits per heavy atom. The quantitative estimate of drug-likeness (QED) is 0.862. The second kappa shape index (κ2) is 6.28. The van der Waals surface area contributed by atoms with Crippen LogP contribution in [0.3, 0.4) is 0 Å². The van der Waals surface area contributed by atoms with E-state index in [2.05, 4.69) is 4.72 Å². The summed E-state index contributed by atoms with van der Waals surface area (Å²) in [6, 6.07) is 10.3. The summed E-state index contributed by atoms with van der Waals surface area (Å²) in [5, 5.41) is 0. The Morgan fingerprint density at radius 1 is 0.905 bits per heavy atom. The van der Waals surface area contributed by atoms with Crippen molar-refractivity contribution in [1.82, 2.24) is 4.72 Å². The predicted octanol–water partition coefficient (Wildman–Crippen LogP) is 2.62. The lowest BCUT2D eigenvalue weighted by Gasteiger charge is -2.08. The molecular formula is C14H12F3NO2S. The Labute approximate surface area is 120 Å². The molecule has 0 saturated carbocycles. The average Bonchev–Trinajstić information content (AvgIpc) is 2.45. The highest BCUT2D eigenvalue weighted by Crippen LogP contribution is 2.19. The monoisotopic (exact) mass is 315 g/mol. The summed E-state index contributed by atoms with van der Waals surface area (Å²) in [4.78, 5) is -0.908. The molecule has 0 unspecified atom stereocenters. The molecule has 112 valence electrons. The average molecular weight is 315 g/mol. The summed E-state index contributed by atoms with van der Waals surface area (Å²) in [6.45, 7) is 0.0186. The standard InChI is InChI=1S/C14H12F3NO2S/c15-11-6-7-12(14(17)13(11)16)21(19,20)18-9-8-10-4-2-1-3-5-10/h1-7,18H,8-9H2. The van der Waals surface area contributed by atoms with Crippen LogP contribution < -0.4 is 4.72 Å². The van der Waals surface area contributed by atoms with Crippen LogP contribution in [0.5, 0.6) is 0 Å². The van der Waals surface area contributed by atoms with Crippen molar-refractivity contribution in [3.05, 3.63) is 65.5 Å². The van der Waals surface area contributed by atoms with Crippen molar-refractivity contribution in [2.45, 2.75) is 11.3 Å². The van der Waals surface area contributed by atoms with Gasteiger partial charge in [-0.05, 0) is 24.1 Å². The smallest absolute Gasteiger partial charge is 0.211 e. The Hall–Kier alpha value is -1.86. The number of hydrogen-bond acceptors (Lipinski definition) is 2. The van der Waals surface area contributed by atoms with Crippen LogP contribution in [0.1, 0.15) is 5.56 Å². The third-order valence-electron chi connectivity index (χ3n) is 2.84. The number of halogens is 3. The van der Waals surface area contributed by atoms with Crippen molar-refractivity contribution in [2.75, 3.05) is 6.54 Å². The van der Waals surface area contributed by atoms with Gasteiger partial charge in [-0.1, -0.05) is 30.3 Å². The minimum Gasteiger partial charge on any atom is -0.211 e. The lowest BCUT2D eigenvalue weighted by Crippen LogP contribution is -2.27. The zero-order chi connectivity index (χ0) is 15.5. The second-order valence-electron chi connectivity index (χ2n) is 4.31. The molecule has 0 aromatic heterocycles. The van der Waals surface area contributed by atoms with Gasteiger partial charge < -0.3 is 0 Å². The fourth-order valence-corrected chi connectivity index (χ4v) is 2.87. The molecule has 0 aliphatic heterocycles. The first-order valence-electron chi connectivity index (χ1n) is 6.09. The number of hydrogen-bond donors (Lipinski definition) is 1. The van der Waals surface area contributed by atoms with Crippen molar-refractivity contribution < 1.29 is 21.6 Å². The summed E-state index contributed by atoms with van der Waals surface area (Å²) in [6.07, 6.45) is 0.394. The molecule has 7 heteroatoms. The number of rotatable bonds is 5. The second-order valence-corrected chi connectivity index (χ2v) is 6.04. The van der Waals surface area contributed by atoms with Crippen LogP contribution in [0.4, 0.5) is 13.2 Å². The van der Waals surface area contributed by atoms with Gasteiger partial charge in [0.15, 0.2) is 17.5 Å². The highest BCUT2D eigenvalue weighted by atomic mass is 32.2. The van der Waals surface area contributed by atoms with Crippen molar-refractivity contribution in [3.8, 4) is 0 Å². The number of sulfonamides is 1. The van der Waals surface area contributed by atoms with Gasteiger partial charge in [-0.3, -0.25) is 0 Å². The summed E-state index contributed by atoms with van der Waals surface area (Å²) < 4.78 is 65.2. The van der Waals surface area contributed by atoms with E-state index in [1.54, 1.807) is 12.1 Å². The molecule has 0 spiro atoms. The van der Waals surface area contributed by atoms with Crippen LogP contribution in [0.25, 0.3) is 0 Å². The fourth-order valence-electron chi connectivity index (χ4n) is 1.77. The zero-order valence-electron chi connectivity index (χ0n) is 10.8. The molecule has 0 aliphatic rings. The maximum atomic E-state index is 13.5. The van der Waals surface area contributed by atoms with E-state index < -0.39 is 32.4 Å². The van der Waals surface area contributed by atoms with Crippen LogP contribution in [0.2, 0.25) is 0 Å². The molecule has 0 atom stereocenters. The Bertz CT molecular complexity index is 733.